The normalized spacial score (nSPS) is 10.1. The lowest BCUT2D eigenvalue weighted by molar-refractivity contribution is 0.760. The van der Waals surface area contributed by atoms with Gasteiger partial charge in [0.1, 0.15) is 10.5 Å². The molecule has 0 aliphatic carbocycles. The third-order valence-corrected chi connectivity index (χ3v) is 2.61. The van der Waals surface area contributed by atoms with E-state index in [9.17, 15) is 4.79 Å². The maximum Gasteiger partial charge on any atom is 0.268 e. The van der Waals surface area contributed by atoms with Gasteiger partial charge in [0.25, 0.3) is 5.56 Å². The van der Waals surface area contributed by atoms with E-state index >= 15 is 0 Å². The fourth-order valence-electron chi connectivity index (χ4n) is 1.17. The molecule has 0 unspecified atom stereocenters. The summed E-state index contributed by atoms with van der Waals surface area (Å²) in [6.45, 7) is 0.584. The van der Waals surface area contributed by atoms with Crippen LogP contribution in [-0.4, -0.2) is 17.0 Å². The molecule has 2 N–H and O–H groups in total. The third-order valence-electron chi connectivity index (χ3n) is 1.71. The lowest BCUT2D eigenvalue weighted by Crippen LogP contribution is -2.15. The Labute approximate surface area is 90.8 Å². The Bertz CT molecular complexity index is 479. The molecular formula is C8H10ClN3OS. The lowest BCUT2D eigenvalue weighted by atomic mass is 10.4. The molecule has 0 spiro atoms. The summed E-state index contributed by atoms with van der Waals surface area (Å²) in [6, 6.07) is 1.86. The number of halogens is 1. The van der Waals surface area contributed by atoms with Gasteiger partial charge in [0.05, 0.1) is 12.1 Å². The first-order valence-corrected chi connectivity index (χ1v) is 4.80. The lowest BCUT2D eigenvalue weighted by Gasteiger charge is -1.97. The van der Waals surface area contributed by atoms with Gasteiger partial charge in [-0.1, -0.05) is 0 Å². The number of aromatic nitrogens is 2. The Hall–Kier alpha value is -0.910. The van der Waals surface area contributed by atoms with Crippen LogP contribution in [0.1, 0.15) is 5.82 Å². The molecule has 0 amide bonds. The summed E-state index contributed by atoms with van der Waals surface area (Å²) in [5.41, 5.74) is 0.726. The molecule has 0 bridgehead atoms. The zero-order chi connectivity index (χ0) is 9.26. The molecule has 14 heavy (non-hydrogen) atoms. The highest BCUT2D eigenvalue weighted by atomic mass is 35.5. The summed E-state index contributed by atoms with van der Waals surface area (Å²) in [5.74, 6) is 0.679. The van der Waals surface area contributed by atoms with Gasteiger partial charge in [-0.2, -0.15) is 0 Å². The summed E-state index contributed by atoms with van der Waals surface area (Å²) >= 11 is 1.41. The van der Waals surface area contributed by atoms with Crippen LogP contribution in [0.5, 0.6) is 0 Å². The third kappa shape index (κ3) is 1.95. The van der Waals surface area contributed by atoms with Crippen LogP contribution >= 0.6 is 23.7 Å². The SMILES string of the molecule is CNCc1nc2ccsc2c(=O)[nH]1.Cl. The molecule has 2 aromatic heterocycles. The first-order chi connectivity index (χ1) is 6.31. The quantitative estimate of drug-likeness (QED) is 0.815. The number of hydrogen-bond donors (Lipinski definition) is 2. The van der Waals surface area contributed by atoms with E-state index in [2.05, 4.69) is 15.3 Å². The molecule has 0 radical (unpaired) electrons. The highest BCUT2D eigenvalue weighted by molar-refractivity contribution is 7.17. The van der Waals surface area contributed by atoms with Crippen LogP contribution in [0.25, 0.3) is 10.2 Å². The Morgan fingerprint density at radius 3 is 3.14 bits per heavy atom. The van der Waals surface area contributed by atoms with Crippen molar-refractivity contribution in [2.75, 3.05) is 7.05 Å². The van der Waals surface area contributed by atoms with Crippen molar-refractivity contribution >= 4 is 34.0 Å². The van der Waals surface area contributed by atoms with Gasteiger partial charge in [-0.3, -0.25) is 4.79 Å². The number of aromatic amines is 1. The van der Waals surface area contributed by atoms with Gasteiger partial charge < -0.3 is 10.3 Å². The topological polar surface area (TPSA) is 57.8 Å². The van der Waals surface area contributed by atoms with Crippen LogP contribution in [0.4, 0.5) is 0 Å². The fraction of sp³-hybridized carbons (Fsp3) is 0.250. The first kappa shape index (κ1) is 11.2. The summed E-state index contributed by atoms with van der Waals surface area (Å²) in [7, 11) is 1.82. The molecule has 2 heterocycles. The van der Waals surface area contributed by atoms with E-state index in [0.29, 0.717) is 17.1 Å². The minimum atomic E-state index is -0.0507. The minimum absolute atomic E-state index is 0. The number of fused-ring (bicyclic) bond motifs is 1. The molecule has 0 saturated heterocycles. The van der Waals surface area contributed by atoms with Gasteiger partial charge in [0.15, 0.2) is 0 Å². The number of rotatable bonds is 2. The van der Waals surface area contributed by atoms with Crippen LogP contribution in [0.15, 0.2) is 16.2 Å². The van der Waals surface area contributed by atoms with Crippen LogP contribution in [-0.2, 0) is 6.54 Å². The van der Waals surface area contributed by atoms with Crippen molar-refractivity contribution in [3.8, 4) is 0 Å². The van der Waals surface area contributed by atoms with Crippen LogP contribution < -0.4 is 10.9 Å². The molecule has 2 aromatic rings. The number of H-pyrrole nitrogens is 1. The molecular weight excluding hydrogens is 222 g/mol. The van der Waals surface area contributed by atoms with E-state index in [-0.39, 0.29) is 18.0 Å². The largest absolute Gasteiger partial charge is 0.313 e. The second-order valence-electron chi connectivity index (χ2n) is 2.68. The molecule has 4 nitrogen and oxygen atoms in total. The predicted molar refractivity (Wildman–Crippen MR) is 60.3 cm³/mol. The van der Waals surface area contributed by atoms with Gasteiger partial charge in [-0.05, 0) is 18.5 Å². The van der Waals surface area contributed by atoms with E-state index in [1.165, 1.54) is 11.3 Å². The number of thiophene rings is 1. The minimum Gasteiger partial charge on any atom is -0.313 e. The van der Waals surface area contributed by atoms with Crippen molar-refractivity contribution in [1.29, 1.82) is 0 Å². The Morgan fingerprint density at radius 1 is 1.64 bits per heavy atom. The van der Waals surface area contributed by atoms with E-state index in [1.807, 2.05) is 18.5 Å². The average molecular weight is 232 g/mol. The zero-order valence-electron chi connectivity index (χ0n) is 7.53. The van der Waals surface area contributed by atoms with E-state index < -0.39 is 0 Å². The van der Waals surface area contributed by atoms with Gasteiger partial charge in [0, 0.05) is 0 Å². The van der Waals surface area contributed by atoms with E-state index in [1.54, 1.807) is 0 Å². The molecule has 76 valence electrons. The van der Waals surface area contributed by atoms with Gasteiger partial charge in [-0.15, -0.1) is 23.7 Å². The van der Waals surface area contributed by atoms with Crippen molar-refractivity contribution in [2.24, 2.45) is 0 Å². The molecule has 0 fully saturated rings. The van der Waals surface area contributed by atoms with Gasteiger partial charge >= 0.3 is 0 Å². The second-order valence-corrected chi connectivity index (χ2v) is 3.59. The number of nitrogens with one attached hydrogen (secondary N) is 2. The van der Waals surface area contributed by atoms with Gasteiger partial charge in [-0.25, -0.2) is 4.98 Å². The maximum absolute atomic E-state index is 11.4. The van der Waals surface area contributed by atoms with Crippen molar-refractivity contribution in [2.45, 2.75) is 6.54 Å². The zero-order valence-corrected chi connectivity index (χ0v) is 9.17. The first-order valence-electron chi connectivity index (χ1n) is 3.92. The molecule has 2 rings (SSSR count). The predicted octanol–water partition coefficient (Wildman–Crippen LogP) is 1.13. The van der Waals surface area contributed by atoms with Gasteiger partial charge in [0.2, 0.25) is 0 Å². The molecule has 0 aliphatic rings. The second kappa shape index (κ2) is 4.54. The summed E-state index contributed by atoms with van der Waals surface area (Å²) in [6.07, 6.45) is 0. The highest BCUT2D eigenvalue weighted by Gasteiger charge is 2.03. The van der Waals surface area contributed by atoms with Crippen molar-refractivity contribution in [3.05, 3.63) is 27.6 Å². The van der Waals surface area contributed by atoms with Crippen LogP contribution in [0.3, 0.4) is 0 Å². The standard InChI is InChI=1S/C8H9N3OS.ClH/c1-9-4-6-10-5-2-3-13-7(5)8(12)11-6;/h2-3,9H,4H2,1H3,(H,10,11,12);1H. The van der Waals surface area contributed by atoms with Crippen molar-refractivity contribution in [1.82, 2.24) is 15.3 Å². The summed E-state index contributed by atoms with van der Waals surface area (Å²) in [4.78, 5) is 18.4. The number of hydrogen-bond acceptors (Lipinski definition) is 4. The Morgan fingerprint density at radius 2 is 2.43 bits per heavy atom. The Kier molecular flexibility index (Phi) is 3.62. The maximum atomic E-state index is 11.4. The number of nitrogens with zero attached hydrogens (tertiary/aromatic N) is 1. The van der Waals surface area contributed by atoms with Crippen LogP contribution in [0, 0.1) is 0 Å². The summed E-state index contributed by atoms with van der Waals surface area (Å²) in [5, 5.41) is 4.81. The molecule has 0 atom stereocenters. The monoisotopic (exact) mass is 231 g/mol. The smallest absolute Gasteiger partial charge is 0.268 e. The van der Waals surface area contributed by atoms with Crippen molar-refractivity contribution in [3.63, 3.8) is 0 Å². The summed E-state index contributed by atoms with van der Waals surface area (Å²) < 4.78 is 0.694. The molecule has 0 saturated carbocycles. The van der Waals surface area contributed by atoms with Crippen molar-refractivity contribution < 1.29 is 0 Å². The Balaban J connectivity index is 0.000000980. The average Bonchev–Trinajstić information content (AvgIpc) is 2.53. The molecule has 0 aliphatic heterocycles. The fourth-order valence-corrected chi connectivity index (χ4v) is 1.90. The van der Waals surface area contributed by atoms with E-state index in [0.717, 1.165) is 5.52 Å². The van der Waals surface area contributed by atoms with E-state index in [4.69, 9.17) is 0 Å². The van der Waals surface area contributed by atoms with Crippen LogP contribution in [0.2, 0.25) is 0 Å². The molecule has 0 aromatic carbocycles. The highest BCUT2D eigenvalue weighted by Crippen LogP contribution is 2.13. The molecule has 6 heteroatoms.